The zero-order valence-corrected chi connectivity index (χ0v) is 63.5. The predicted octanol–water partition coefficient (Wildman–Crippen LogP) is -1.55. The summed E-state index contributed by atoms with van der Waals surface area (Å²) in [5.41, 5.74) is 9.26. The molecule has 0 amide bonds. The summed E-state index contributed by atoms with van der Waals surface area (Å²) in [7, 11) is 0. The number of ether oxygens (including phenoxy) is 8. The van der Waals surface area contributed by atoms with Crippen LogP contribution >= 0.6 is 0 Å². The van der Waals surface area contributed by atoms with Crippen molar-refractivity contribution in [3.8, 4) is 92.0 Å². The Morgan fingerprint density at radius 3 is 0.610 bits per heavy atom. The van der Waals surface area contributed by atoms with E-state index in [0.717, 1.165) is 44.5 Å². The summed E-state index contributed by atoms with van der Waals surface area (Å²) in [5.74, 6) is -1.96. The van der Waals surface area contributed by atoms with Gasteiger partial charge in [-0.15, -0.1) is 0 Å². The van der Waals surface area contributed by atoms with Crippen molar-refractivity contribution in [1.82, 2.24) is 39.9 Å². The van der Waals surface area contributed by atoms with Crippen LogP contribution in [0.3, 0.4) is 0 Å². The van der Waals surface area contributed by atoms with Crippen LogP contribution in [0.25, 0.3) is 44.1 Å². The van der Waals surface area contributed by atoms with Crippen molar-refractivity contribution < 1.29 is 196 Å². The van der Waals surface area contributed by atoms with E-state index in [-0.39, 0.29) is 188 Å². The SMILES string of the molecule is CCC1c2cc3c4cc2Oc2cc5nc(CC(=O)[O-])[nH]c5cc2Oc2cc5c(cc21)C(CC)c1cc2c(cc1Oc1cc6[nH]c(CC(=O)[O-])nc6cc1O5)Oc1cc5[nH]c(CC(=O)[O-])nc5cc1Oc1cc(c(cc1C2CC)C3CC)Oc1cc2[nH]c(CC(=O)[O-])nc2cc1O4.[Na+].[Na+].[Na+].[Na+]. The maximum atomic E-state index is 12.0. The molecule has 17 rings (SSSR count). The van der Waals surface area contributed by atoms with Gasteiger partial charge in [-0.3, -0.25) is 0 Å². The van der Waals surface area contributed by atoms with E-state index >= 15 is 0 Å². The summed E-state index contributed by atoms with van der Waals surface area (Å²) in [6.07, 6.45) is -0.0106. The molecule has 480 valence electrons. The van der Waals surface area contributed by atoms with Gasteiger partial charge in [0.2, 0.25) is 0 Å². The number of aliphatic carboxylic acids is 4. The average Bonchev–Trinajstić information content (AvgIpc) is 1.44. The first kappa shape index (κ1) is 70.4. The van der Waals surface area contributed by atoms with Crippen LogP contribution in [0.2, 0.25) is 0 Å². The van der Waals surface area contributed by atoms with Crippen LogP contribution in [0.1, 0.15) is 145 Å². The molecule has 8 heterocycles. The number of aromatic nitrogens is 8. The van der Waals surface area contributed by atoms with Crippen LogP contribution < -0.4 is 177 Å². The topological polar surface area (TPSA) is 349 Å². The number of H-pyrrole nitrogens is 4. The number of hydrogen-bond donors (Lipinski definition) is 4. The molecule has 24 nitrogen and oxygen atoms in total. The number of carboxylic acids is 4. The van der Waals surface area contributed by atoms with Gasteiger partial charge in [0.1, 0.15) is 69.3 Å². The number of rotatable bonds is 12. The number of carbonyl (C=O) groups excluding carboxylic acids is 4. The third-order valence-corrected chi connectivity index (χ3v) is 18.6. The molecule has 28 heteroatoms. The molecule has 0 saturated carbocycles. The molecule has 4 aromatic heterocycles. The van der Waals surface area contributed by atoms with E-state index in [0.29, 0.717) is 116 Å². The summed E-state index contributed by atoms with van der Waals surface area (Å²) >= 11 is 0. The van der Waals surface area contributed by atoms with Gasteiger partial charge in [-0.25, -0.2) is 19.9 Å². The van der Waals surface area contributed by atoms with Crippen molar-refractivity contribution in [3.05, 3.63) is 165 Å². The number of benzene rings is 8. The number of hydrogen-bond acceptors (Lipinski definition) is 20. The Balaban J connectivity index is 0.00000224. The Labute approximate surface area is 656 Å². The number of fused-ring (bicyclic) bond motifs is 8. The van der Waals surface area contributed by atoms with Gasteiger partial charge < -0.3 is 97.4 Å². The van der Waals surface area contributed by atoms with Crippen molar-refractivity contribution in [2.75, 3.05) is 0 Å². The Morgan fingerprint density at radius 2 is 0.450 bits per heavy atom. The number of nitrogens with one attached hydrogen (secondary N) is 4. The van der Waals surface area contributed by atoms with Gasteiger partial charge in [-0.2, -0.15) is 0 Å². The minimum Gasteiger partial charge on any atom is -0.550 e. The molecular formula is C72H52N8Na4O16. The van der Waals surface area contributed by atoms with E-state index in [2.05, 4.69) is 91.8 Å². The molecule has 4 aliphatic heterocycles. The standard InChI is InChI=1S/C72H56N8O16.4Na/c1-5-29-33-9-35-30(6-2)37-11-39-32(8-4)40-12-38-31(7-3)36-10-34(29)50-22-52(36)92-60-16-44-46(78-67(76-44)27-71(85)86)18-62(60)94-54(38)24-56(40)96-64-20-48-47(79-68(80-48)28-72(87)88)19-63(64)95-55(39)23-53(37)93-61-17-45-43(75-66(77-45)26-70(83)84)15-59(61)91-51(35)21-49(33)89-57-13-41-42(14-58(57)90-50)74-65(73-41)25-69(81)82;;;;/h9-24,29-32H,5-8,25-28H2,1-4H3,(H,73,74)(H,75,77)(H,76,78)(H,79,80)(H,81,82)(H,83,84)(H,85,86)(H,87,88);;;;/q;4*+1/p-4. The largest absolute Gasteiger partial charge is 1.00 e. The molecule has 4 unspecified atom stereocenters. The molecule has 100 heavy (non-hydrogen) atoms. The van der Waals surface area contributed by atoms with E-state index in [4.69, 9.17) is 37.9 Å². The summed E-state index contributed by atoms with van der Waals surface area (Å²) < 4.78 is 58.0. The van der Waals surface area contributed by atoms with Crippen LogP contribution in [0.5, 0.6) is 92.0 Å². The Kier molecular flexibility index (Phi) is 19.3. The third-order valence-electron chi connectivity index (χ3n) is 18.6. The summed E-state index contributed by atoms with van der Waals surface area (Å²) in [4.78, 5) is 79.0. The quantitative estimate of drug-likeness (QED) is 0.101. The number of carbonyl (C=O) groups is 4. The normalized spacial score (nSPS) is 16.0. The third kappa shape index (κ3) is 12.4. The van der Waals surface area contributed by atoms with Crippen LogP contribution in [0, 0.1) is 0 Å². The minimum absolute atomic E-state index is 0. The van der Waals surface area contributed by atoms with Crippen LogP contribution in [0.15, 0.2) is 97.1 Å². The van der Waals surface area contributed by atoms with Gasteiger partial charge >= 0.3 is 118 Å². The van der Waals surface area contributed by atoms with Gasteiger partial charge in [-0.1, -0.05) is 27.7 Å². The second-order valence-corrected chi connectivity index (χ2v) is 24.6. The second kappa shape index (κ2) is 27.4. The molecule has 12 aromatic rings. The smallest absolute Gasteiger partial charge is 0.550 e. The first-order chi connectivity index (χ1) is 46.5. The molecule has 4 atom stereocenters. The van der Waals surface area contributed by atoms with Gasteiger partial charge in [0.15, 0.2) is 46.0 Å². The molecular weight excluding hydrogens is 1320 g/mol. The minimum atomic E-state index is -1.33. The zero-order chi connectivity index (χ0) is 65.7. The van der Waals surface area contributed by atoms with Gasteiger partial charge in [0, 0.05) is 191 Å². The maximum absolute atomic E-state index is 12.0. The van der Waals surface area contributed by atoms with Crippen molar-refractivity contribution in [2.24, 2.45) is 0 Å². The van der Waals surface area contributed by atoms with Crippen molar-refractivity contribution in [1.29, 1.82) is 0 Å². The van der Waals surface area contributed by atoms with Gasteiger partial charge in [-0.05, 0) is 49.9 Å². The van der Waals surface area contributed by atoms with Crippen LogP contribution in [-0.2, 0) is 44.9 Å². The predicted molar refractivity (Wildman–Crippen MR) is 334 cm³/mol. The van der Waals surface area contributed by atoms with Gasteiger partial charge in [0.25, 0.3) is 0 Å². The molecule has 5 aliphatic rings. The molecule has 0 saturated heterocycles. The maximum Gasteiger partial charge on any atom is 1.00 e. The van der Waals surface area contributed by atoms with Gasteiger partial charge in [0.05, 0.1) is 44.1 Å². The fourth-order valence-electron chi connectivity index (χ4n) is 14.4. The Bertz CT molecular complexity index is 4510. The molecule has 8 bridgehead atoms. The summed E-state index contributed by atoms with van der Waals surface area (Å²) in [5, 5.41) is 47.9. The van der Waals surface area contributed by atoms with E-state index in [1.165, 1.54) is 0 Å². The van der Waals surface area contributed by atoms with E-state index in [9.17, 15) is 39.6 Å². The molecule has 0 radical (unpaired) electrons. The Hall–Kier alpha value is -8.08. The summed E-state index contributed by atoms with van der Waals surface area (Å²) in [6, 6.07) is 29.4. The van der Waals surface area contributed by atoms with Crippen LogP contribution in [-0.4, -0.2) is 63.7 Å². The molecule has 0 spiro atoms. The zero-order valence-electron chi connectivity index (χ0n) is 55.5. The average molecular weight is 1380 g/mol. The summed E-state index contributed by atoms with van der Waals surface area (Å²) in [6.45, 7) is 8.34. The van der Waals surface area contributed by atoms with E-state index < -0.39 is 73.2 Å². The van der Waals surface area contributed by atoms with Crippen LogP contribution in [0.4, 0.5) is 0 Å². The first-order valence-electron chi connectivity index (χ1n) is 31.5. The molecule has 4 N–H and O–H groups in total. The number of aromatic amines is 4. The fourth-order valence-corrected chi connectivity index (χ4v) is 14.4. The molecule has 8 aromatic carbocycles. The number of carboxylic acid groups (broad SMARTS) is 4. The number of imidazole rings is 4. The first-order valence-corrected chi connectivity index (χ1v) is 31.5. The molecule has 1 aliphatic carbocycles. The monoisotopic (exact) mass is 1380 g/mol. The van der Waals surface area contributed by atoms with E-state index in [1.807, 2.05) is 24.3 Å². The van der Waals surface area contributed by atoms with E-state index in [1.54, 1.807) is 48.5 Å². The molecule has 0 fully saturated rings. The Morgan fingerprint density at radius 1 is 0.280 bits per heavy atom. The van der Waals surface area contributed by atoms with Crippen molar-refractivity contribution in [2.45, 2.75) is 103 Å². The van der Waals surface area contributed by atoms with Crippen molar-refractivity contribution in [3.63, 3.8) is 0 Å². The number of nitrogens with zero attached hydrogens (tertiary/aromatic N) is 4. The second-order valence-electron chi connectivity index (χ2n) is 24.6. The fraction of sp³-hybridized carbons (Fsp3) is 0.222. The van der Waals surface area contributed by atoms with Crippen molar-refractivity contribution >= 4 is 68.0 Å².